The van der Waals surface area contributed by atoms with Crippen molar-refractivity contribution in [3.63, 3.8) is 0 Å². The number of rotatable bonds is 4. The number of aliphatic carboxylic acids is 1. The van der Waals surface area contributed by atoms with E-state index in [1.54, 1.807) is 12.1 Å². The molecule has 1 unspecified atom stereocenters. The number of benzene rings is 1. The van der Waals surface area contributed by atoms with Crippen LogP contribution in [0, 0.1) is 0 Å². The third-order valence-electron chi connectivity index (χ3n) is 3.88. The van der Waals surface area contributed by atoms with Crippen LogP contribution < -0.4 is 10.6 Å². The van der Waals surface area contributed by atoms with Crippen molar-refractivity contribution in [3.05, 3.63) is 35.6 Å². The van der Waals surface area contributed by atoms with Crippen molar-refractivity contribution < 1.29 is 28.7 Å². The maximum atomic E-state index is 12.0. The van der Waals surface area contributed by atoms with Gasteiger partial charge in [-0.25, -0.2) is 0 Å². The quantitative estimate of drug-likeness (QED) is 0.711. The topological polar surface area (TPSA) is 126 Å². The van der Waals surface area contributed by atoms with Gasteiger partial charge in [-0.3, -0.25) is 24.5 Å². The number of imide groups is 1. The molecule has 0 aliphatic carbocycles. The maximum absolute atomic E-state index is 12.0. The summed E-state index contributed by atoms with van der Waals surface area (Å²) in [6, 6.07) is 4.65. The second-order valence-electron chi connectivity index (χ2n) is 5.48. The molecule has 1 aromatic carbocycles. The van der Waals surface area contributed by atoms with E-state index in [1.807, 2.05) is 0 Å². The molecule has 24 heavy (non-hydrogen) atoms. The zero-order valence-electron chi connectivity index (χ0n) is 12.5. The van der Waals surface area contributed by atoms with Gasteiger partial charge in [-0.05, 0) is 24.6 Å². The predicted molar refractivity (Wildman–Crippen MR) is 81.3 cm³/mol. The fourth-order valence-corrected chi connectivity index (χ4v) is 2.71. The Balaban J connectivity index is 1.91. The highest BCUT2D eigenvalue weighted by Gasteiger charge is 2.30. The molecule has 0 bridgehead atoms. The normalized spacial score (nSPS) is 17.6. The number of carbonyl (C=O) groups is 4. The number of carboxylic acid groups (broad SMARTS) is 1. The summed E-state index contributed by atoms with van der Waals surface area (Å²) in [7, 11) is 0. The van der Waals surface area contributed by atoms with Crippen molar-refractivity contribution in [2.75, 3.05) is 6.54 Å². The molecule has 3 amide bonds. The van der Waals surface area contributed by atoms with Crippen LogP contribution >= 0.6 is 0 Å². The third kappa shape index (κ3) is 2.98. The lowest BCUT2D eigenvalue weighted by molar-refractivity contribution is -0.136. The SMILES string of the molecule is O=C(O)CNC(=O)c1ccc2occ(C3CCC(=O)NC3=O)c2c1. The minimum Gasteiger partial charge on any atom is -0.480 e. The van der Waals surface area contributed by atoms with Gasteiger partial charge in [-0.15, -0.1) is 0 Å². The first kappa shape index (κ1) is 15.7. The lowest BCUT2D eigenvalue weighted by Gasteiger charge is -2.19. The van der Waals surface area contributed by atoms with E-state index >= 15 is 0 Å². The summed E-state index contributed by atoms with van der Waals surface area (Å²) in [4.78, 5) is 45.8. The molecule has 0 spiro atoms. The Morgan fingerprint density at radius 3 is 2.83 bits per heavy atom. The minimum absolute atomic E-state index is 0.238. The first-order valence-electron chi connectivity index (χ1n) is 7.30. The molecule has 124 valence electrons. The van der Waals surface area contributed by atoms with Crippen LogP contribution in [0.1, 0.15) is 34.7 Å². The van der Waals surface area contributed by atoms with E-state index in [2.05, 4.69) is 10.6 Å². The molecule has 2 aromatic rings. The minimum atomic E-state index is -1.14. The smallest absolute Gasteiger partial charge is 0.322 e. The standard InChI is InChI=1S/C16H14N2O6/c19-13-4-2-9(16(23)18-13)11-7-24-12-3-1-8(5-10(11)12)15(22)17-6-14(20)21/h1,3,5,7,9H,2,4,6H2,(H,17,22)(H,20,21)(H,18,19,23). The van der Waals surface area contributed by atoms with Crippen LogP contribution in [0.25, 0.3) is 11.0 Å². The number of hydrogen-bond acceptors (Lipinski definition) is 5. The fourth-order valence-electron chi connectivity index (χ4n) is 2.71. The molecule has 3 N–H and O–H groups in total. The van der Waals surface area contributed by atoms with Crippen molar-refractivity contribution in [1.29, 1.82) is 0 Å². The molecule has 1 aromatic heterocycles. The molecule has 0 saturated carbocycles. The second-order valence-corrected chi connectivity index (χ2v) is 5.48. The first-order chi connectivity index (χ1) is 11.5. The molecule has 1 saturated heterocycles. The third-order valence-corrected chi connectivity index (χ3v) is 3.88. The van der Waals surface area contributed by atoms with E-state index in [0.29, 0.717) is 23.0 Å². The molecule has 3 rings (SSSR count). The number of fused-ring (bicyclic) bond motifs is 1. The number of carboxylic acids is 1. The van der Waals surface area contributed by atoms with Crippen molar-refractivity contribution >= 4 is 34.7 Å². The van der Waals surface area contributed by atoms with Gasteiger partial charge in [0.15, 0.2) is 0 Å². The number of amides is 3. The number of nitrogens with one attached hydrogen (secondary N) is 2. The summed E-state index contributed by atoms with van der Waals surface area (Å²) in [6.45, 7) is -0.484. The largest absolute Gasteiger partial charge is 0.480 e. The lowest BCUT2D eigenvalue weighted by atomic mass is 9.90. The second kappa shape index (κ2) is 6.15. The van der Waals surface area contributed by atoms with Gasteiger partial charge >= 0.3 is 5.97 Å². The molecular weight excluding hydrogens is 316 g/mol. The molecule has 2 heterocycles. The molecule has 1 aliphatic rings. The number of hydrogen-bond donors (Lipinski definition) is 3. The Morgan fingerprint density at radius 2 is 2.12 bits per heavy atom. The Labute approximate surface area is 135 Å². The summed E-state index contributed by atoms with van der Waals surface area (Å²) in [5.74, 6) is -2.90. The fraction of sp³-hybridized carbons (Fsp3) is 0.250. The van der Waals surface area contributed by atoms with Gasteiger partial charge in [0, 0.05) is 22.9 Å². The molecule has 1 aliphatic heterocycles. The average Bonchev–Trinajstić information content (AvgIpc) is 2.95. The molecule has 1 atom stereocenters. The van der Waals surface area contributed by atoms with Gasteiger partial charge in [0.2, 0.25) is 11.8 Å². The molecule has 8 heteroatoms. The highest BCUT2D eigenvalue weighted by atomic mass is 16.4. The molecular formula is C16H14N2O6. The Kier molecular flexibility index (Phi) is 4.03. The van der Waals surface area contributed by atoms with Crippen molar-refractivity contribution in [1.82, 2.24) is 10.6 Å². The van der Waals surface area contributed by atoms with Gasteiger partial charge in [0.05, 0.1) is 12.2 Å². The summed E-state index contributed by atoms with van der Waals surface area (Å²) in [5.41, 5.74) is 1.37. The average molecular weight is 330 g/mol. The van der Waals surface area contributed by atoms with Gasteiger partial charge < -0.3 is 14.8 Å². The van der Waals surface area contributed by atoms with Gasteiger partial charge in [0.1, 0.15) is 12.1 Å². The van der Waals surface area contributed by atoms with Crippen LogP contribution in [-0.2, 0) is 14.4 Å². The van der Waals surface area contributed by atoms with Crippen LogP contribution in [0.2, 0.25) is 0 Å². The Bertz CT molecular complexity index is 853. The molecule has 0 radical (unpaired) electrons. The van der Waals surface area contributed by atoms with Crippen LogP contribution in [0.15, 0.2) is 28.9 Å². The monoisotopic (exact) mass is 330 g/mol. The van der Waals surface area contributed by atoms with E-state index < -0.39 is 30.2 Å². The van der Waals surface area contributed by atoms with Crippen molar-refractivity contribution in [3.8, 4) is 0 Å². The van der Waals surface area contributed by atoms with Gasteiger partial charge in [0.25, 0.3) is 5.91 Å². The number of furan rings is 1. The Morgan fingerprint density at radius 1 is 1.33 bits per heavy atom. The van der Waals surface area contributed by atoms with Crippen molar-refractivity contribution in [2.24, 2.45) is 0 Å². The van der Waals surface area contributed by atoms with E-state index in [1.165, 1.54) is 12.3 Å². The summed E-state index contributed by atoms with van der Waals surface area (Å²) in [5, 5.41) is 13.8. The van der Waals surface area contributed by atoms with E-state index in [-0.39, 0.29) is 17.9 Å². The highest BCUT2D eigenvalue weighted by molar-refractivity contribution is 6.04. The van der Waals surface area contributed by atoms with E-state index in [9.17, 15) is 19.2 Å². The van der Waals surface area contributed by atoms with Gasteiger partial charge in [-0.2, -0.15) is 0 Å². The van der Waals surface area contributed by atoms with Crippen molar-refractivity contribution in [2.45, 2.75) is 18.8 Å². The van der Waals surface area contributed by atoms with Crippen LogP contribution in [0.4, 0.5) is 0 Å². The molecule has 8 nitrogen and oxygen atoms in total. The zero-order valence-corrected chi connectivity index (χ0v) is 12.5. The Hall–Kier alpha value is -3.16. The number of piperidine rings is 1. The molecule has 1 fully saturated rings. The summed E-state index contributed by atoms with van der Waals surface area (Å²) in [6.07, 6.45) is 2.06. The maximum Gasteiger partial charge on any atom is 0.322 e. The van der Waals surface area contributed by atoms with E-state index in [0.717, 1.165) is 0 Å². The van der Waals surface area contributed by atoms with Gasteiger partial charge in [-0.1, -0.05) is 0 Å². The first-order valence-corrected chi connectivity index (χ1v) is 7.30. The summed E-state index contributed by atoms with van der Waals surface area (Å²) < 4.78 is 5.42. The van der Waals surface area contributed by atoms with Crippen LogP contribution in [0.3, 0.4) is 0 Å². The lowest BCUT2D eigenvalue weighted by Crippen LogP contribution is -2.39. The zero-order chi connectivity index (χ0) is 17.3. The highest BCUT2D eigenvalue weighted by Crippen LogP contribution is 2.33. The van der Waals surface area contributed by atoms with Crippen LogP contribution in [0.5, 0.6) is 0 Å². The van der Waals surface area contributed by atoms with Crippen LogP contribution in [-0.4, -0.2) is 35.3 Å². The summed E-state index contributed by atoms with van der Waals surface area (Å²) >= 11 is 0. The number of carbonyl (C=O) groups excluding carboxylic acids is 3. The predicted octanol–water partition coefficient (Wildman–Crippen LogP) is 0.767. The van der Waals surface area contributed by atoms with E-state index in [4.69, 9.17) is 9.52 Å².